The van der Waals surface area contributed by atoms with Crippen LogP contribution in [-0.4, -0.2) is 35.4 Å². The second kappa shape index (κ2) is 8.84. The van der Waals surface area contributed by atoms with Crippen molar-refractivity contribution in [2.24, 2.45) is 11.8 Å². The molecule has 1 amide bonds. The number of pyridine rings is 1. The summed E-state index contributed by atoms with van der Waals surface area (Å²) >= 11 is 0. The first-order valence-corrected chi connectivity index (χ1v) is 9.65. The first kappa shape index (κ1) is 18.4. The van der Waals surface area contributed by atoms with Crippen LogP contribution in [0.4, 0.5) is 5.82 Å². The van der Waals surface area contributed by atoms with Gasteiger partial charge < -0.3 is 10.2 Å². The number of likely N-dealkylation sites (tertiary alicyclic amines) is 1. The summed E-state index contributed by atoms with van der Waals surface area (Å²) in [6.45, 7) is 6.88. The number of benzene rings is 1. The fourth-order valence-electron chi connectivity index (χ4n) is 3.40. The Kier molecular flexibility index (Phi) is 6.26. The molecule has 4 nitrogen and oxygen atoms in total. The van der Waals surface area contributed by atoms with Gasteiger partial charge in [0.1, 0.15) is 5.82 Å². The van der Waals surface area contributed by atoms with Crippen molar-refractivity contribution in [1.82, 2.24) is 9.88 Å². The van der Waals surface area contributed by atoms with Crippen LogP contribution in [0, 0.1) is 11.8 Å². The molecule has 138 valence electrons. The minimum atomic E-state index is 0.103. The number of hydrogen-bond acceptors (Lipinski definition) is 3. The summed E-state index contributed by atoms with van der Waals surface area (Å²) in [6, 6.07) is 14.4. The molecule has 0 saturated carbocycles. The maximum Gasteiger partial charge on any atom is 0.255 e. The Morgan fingerprint density at radius 2 is 1.88 bits per heavy atom. The Bertz CT molecular complexity index is 689. The van der Waals surface area contributed by atoms with Gasteiger partial charge in [0.15, 0.2) is 0 Å². The number of nitrogens with zero attached hydrogens (tertiary/aromatic N) is 2. The lowest BCUT2D eigenvalue weighted by Crippen LogP contribution is -2.39. The van der Waals surface area contributed by atoms with Gasteiger partial charge in [-0.25, -0.2) is 4.98 Å². The van der Waals surface area contributed by atoms with E-state index in [0.717, 1.165) is 44.7 Å². The van der Waals surface area contributed by atoms with Crippen molar-refractivity contribution in [3.63, 3.8) is 0 Å². The second-order valence-electron chi connectivity index (χ2n) is 7.63. The maximum atomic E-state index is 12.7. The first-order valence-electron chi connectivity index (χ1n) is 9.65. The van der Waals surface area contributed by atoms with Crippen molar-refractivity contribution in [1.29, 1.82) is 0 Å². The topological polar surface area (TPSA) is 45.2 Å². The molecule has 0 atom stereocenters. The third-order valence-electron chi connectivity index (χ3n) is 4.97. The van der Waals surface area contributed by atoms with E-state index in [9.17, 15) is 4.79 Å². The summed E-state index contributed by atoms with van der Waals surface area (Å²) in [5.41, 5.74) is 2.08. The number of piperidine rings is 1. The summed E-state index contributed by atoms with van der Waals surface area (Å²) < 4.78 is 0. The molecular formula is C22H29N3O. The number of anilines is 1. The van der Waals surface area contributed by atoms with Crippen LogP contribution in [-0.2, 0) is 6.42 Å². The van der Waals surface area contributed by atoms with Crippen LogP contribution in [0.2, 0.25) is 0 Å². The van der Waals surface area contributed by atoms with Gasteiger partial charge in [-0.3, -0.25) is 4.79 Å². The molecule has 1 aromatic heterocycles. The quantitative estimate of drug-likeness (QED) is 0.846. The van der Waals surface area contributed by atoms with Crippen molar-refractivity contribution >= 4 is 11.7 Å². The highest BCUT2D eigenvalue weighted by atomic mass is 16.2. The van der Waals surface area contributed by atoms with Crippen LogP contribution in [0.25, 0.3) is 0 Å². The van der Waals surface area contributed by atoms with Crippen molar-refractivity contribution < 1.29 is 4.79 Å². The minimum Gasteiger partial charge on any atom is -0.370 e. The van der Waals surface area contributed by atoms with E-state index in [1.54, 1.807) is 6.20 Å². The van der Waals surface area contributed by atoms with Gasteiger partial charge in [0.05, 0.1) is 5.56 Å². The lowest BCUT2D eigenvalue weighted by Gasteiger charge is -2.32. The molecule has 1 saturated heterocycles. The van der Waals surface area contributed by atoms with E-state index in [4.69, 9.17) is 0 Å². The van der Waals surface area contributed by atoms with Crippen molar-refractivity contribution in [2.75, 3.05) is 25.0 Å². The van der Waals surface area contributed by atoms with E-state index in [1.165, 1.54) is 5.56 Å². The van der Waals surface area contributed by atoms with Gasteiger partial charge >= 0.3 is 0 Å². The molecule has 1 N–H and O–H groups in total. The van der Waals surface area contributed by atoms with Gasteiger partial charge in [-0.05, 0) is 48.8 Å². The predicted octanol–water partition coefficient (Wildman–Crippen LogP) is 4.24. The van der Waals surface area contributed by atoms with Gasteiger partial charge in [0, 0.05) is 25.8 Å². The van der Waals surface area contributed by atoms with Crippen LogP contribution in [0.5, 0.6) is 0 Å². The number of amides is 1. The number of aromatic nitrogens is 1. The van der Waals surface area contributed by atoms with Gasteiger partial charge in [0.2, 0.25) is 0 Å². The summed E-state index contributed by atoms with van der Waals surface area (Å²) in [4.78, 5) is 19.1. The predicted molar refractivity (Wildman–Crippen MR) is 106 cm³/mol. The highest BCUT2D eigenvalue weighted by Gasteiger charge is 2.24. The highest BCUT2D eigenvalue weighted by Crippen LogP contribution is 2.23. The normalized spacial score (nSPS) is 15.3. The summed E-state index contributed by atoms with van der Waals surface area (Å²) in [5.74, 6) is 2.17. The fraction of sp³-hybridized carbons (Fsp3) is 0.455. The number of hydrogen-bond donors (Lipinski definition) is 1. The molecular weight excluding hydrogens is 322 g/mol. The summed E-state index contributed by atoms with van der Waals surface area (Å²) in [6.07, 6.45) is 4.95. The molecule has 1 aliphatic heterocycles. The van der Waals surface area contributed by atoms with E-state index in [0.29, 0.717) is 17.4 Å². The van der Waals surface area contributed by atoms with Gasteiger partial charge in [-0.15, -0.1) is 0 Å². The standard InChI is InChI=1S/C22H29N3O/c1-17(2)15-23-21-9-8-20(16-24-21)22(26)25-12-10-19(11-13-25)14-18-6-4-3-5-7-18/h3-9,16-17,19H,10-15H2,1-2H3,(H,23,24). The molecule has 2 aromatic rings. The third kappa shape index (κ3) is 5.07. The number of rotatable bonds is 6. The van der Waals surface area contributed by atoms with E-state index in [-0.39, 0.29) is 5.91 Å². The average molecular weight is 351 g/mol. The molecule has 2 heterocycles. The molecule has 1 fully saturated rings. The molecule has 3 rings (SSSR count). The first-order chi connectivity index (χ1) is 12.6. The smallest absolute Gasteiger partial charge is 0.255 e. The van der Waals surface area contributed by atoms with Gasteiger partial charge in [-0.2, -0.15) is 0 Å². The highest BCUT2D eigenvalue weighted by molar-refractivity contribution is 5.94. The Hall–Kier alpha value is -2.36. The zero-order valence-corrected chi connectivity index (χ0v) is 15.8. The Morgan fingerprint density at radius 1 is 1.15 bits per heavy atom. The van der Waals surface area contributed by atoms with Crippen LogP contribution in [0.15, 0.2) is 48.7 Å². The second-order valence-corrected chi connectivity index (χ2v) is 7.63. The molecule has 0 radical (unpaired) electrons. The third-order valence-corrected chi connectivity index (χ3v) is 4.97. The lowest BCUT2D eigenvalue weighted by molar-refractivity contribution is 0.0690. The van der Waals surface area contributed by atoms with Crippen LogP contribution < -0.4 is 5.32 Å². The van der Waals surface area contributed by atoms with Crippen LogP contribution >= 0.6 is 0 Å². The largest absolute Gasteiger partial charge is 0.370 e. The number of carbonyl (C=O) groups excluding carboxylic acids is 1. The average Bonchev–Trinajstić information content (AvgIpc) is 2.68. The molecule has 0 bridgehead atoms. The lowest BCUT2D eigenvalue weighted by atomic mass is 9.90. The Balaban J connectivity index is 1.50. The molecule has 4 heteroatoms. The fourth-order valence-corrected chi connectivity index (χ4v) is 3.40. The van der Waals surface area contributed by atoms with E-state index in [1.807, 2.05) is 17.0 Å². The summed E-state index contributed by atoms with van der Waals surface area (Å²) in [7, 11) is 0. The van der Waals surface area contributed by atoms with Crippen molar-refractivity contribution in [2.45, 2.75) is 33.1 Å². The van der Waals surface area contributed by atoms with E-state index >= 15 is 0 Å². The van der Waals surface area contributed by atoms with E-state index in [2.05, 4.69) is 54.5 Å². The molecule has 0 unspecified atom stereocenters. The molecule has 1 aliphatic rings. The maximum absolute atomic E-state index is 12.7. The number of carbonyl (C=O) groups is 1. The van der Waals surface area contributed by atoms with Gasteiger partial charge in [-0.1, -0.05) is 44.2 Å². The van der Waals surface area contributed by atoms with Crippen molar-refractivity contribution in [3.05, 3.63) is 59.8 Å². The zero-order chi connectivity index (χ0) is 18.4. The van der Waals surface area contributed by atoms with Crippen LogP contribution in [0.1, 0.15) is 42.6 Å². The molecule has 0 spiro atoms. The van der Waals surface area contributed by atoms with Crippen LogP contribution in [0.3, 0.4) is 0 Å². The monoisotopic (exact) mass is 351 g/mol. The minimum absolute atomic E-state index is 0.103. The molecule has 1 aromatic carbocycles. The summed E-state index contributed by atoms with van der Waals surface area (Å²) in [5, 5.41) is 3.28. The van der Waals surface area contributed by atoms with Crippen molar-refractivity contribution in [3.8, 4) is 0 Å². The van der Waals surface area contributed by atoms with Gasteiger partial charge in [0.25, 0.3) is 5.91 Å². The molecule has 0 aliphatic carbocycles. The zero-order valence-electron chi connectivity index (χ0n) is 15.8. The van der Waals surface area contributed by atoms with E-state index < -0.39 is 0 Å². The number of nitrogens with one attached hydrogen (secondary N) is 1. The SMILES string of the molecule is CC(C)CNc1ccc(C(=O)N2CCC(Cc3ccccc3)CC2)cn1. The molecule has 26 heavy (non-hydrogen) atoms. The Morgan fingerprint density at radius 3 is 2.50 bits per heavy atom. The Labute approximate surface area is 156 Å².